The van der Waals surface area contributed by atoms with E-state index in [0.29, 0.717) is 24.8 Å². The Labute approximate surface area is 195 Å². The van der Waals surface area contributed by atoms with Crippen molar-refractivity contribution >= 4 is 34.1 Å². The van der Waals surface area contributed by atoms with Crippen molar-refractivity contribution in [3.05, 3.63) is 58.9 Å². The van der Waals surface area contributed by atoms with Crippen molar-refractivity contribution in [1.29, 1.82) is 0 Å². The lowest BCUT2D eigenvalue weighted by Gasteiger charge is -2.35. The molecular weight excluding hydrogens is 445 g/mol. The predicted octanol–water partition coefficient (Wildman–Crippen LogP) is 4.22. The van der Waals surface area contributed by atoms with Crippen LogP contribution in [0.1, 0.15) is 31.0 Å². The first-order valence-electron chi connectivity index (χ1n) is 10.8. The van der Waals surface area contributed by atoms with Gasteiger partial charge < -0.3 is 15.0 Å². The highest BCUT2D eigenvalue weighted by atomic mass is 35.5. The largest absolute Gasteiger partial charge is 0.390 e. The van der Waals surface area contributed by atoms with Crippen LogP contribution >= 0.6 is 11.6 Å². The van der Waals surface area contributed by atoms with Gasteiger partial charge in [-0.15, -0.1) is 0 Å². The van der Waals surface area contributed by atoms with Crippen molar-refractivity contribution in [2.75, 3.05) is 18.4 Å². The highest BCUT2D eigenvalue weighted by Crippen LogP contribution is 2.29. The Morgan fingerprint density at radius 1 is 1.27 bits per heavy atom. The van der Waals surface area contributed by atoms with E-state index in [1.54, 1.807) is 4.57 Å². The van der Waals surface area contributed by atoms with Crippen LogP contribution in [0.15, 0.2) is 36.8 Å². The Balaban J connectivity index is 1.41. The molecule has 10 heteroatoms. The van der Waals surface area contributed by atoms with Gasteiger partial charge in [0.25, 0.3) is 0 Å². The first-order valence-corrected chi connectivity index (χ1v) is 11.2. The molecule has 0 radical (unpaired) electrons. The highest BCUT2D eigenvalue weighted by molar-refractivity contribution is 6.34. The lowest BCUT2D eigenvalue weighted by molar-refractivity contribution is -0.00295. The summed E-state index contributed by atoms with van der Waals surface area (Å²) in [4.78, 5) is 10.7. The summed E-state index contributed by atoms with van der Waals surface area (Å²) >= 11 is 6.34. The fourth-order valence-corrected chi connectivity index (χ4v) is 4.34. The van der Waals surface area contributed by atoms with Crippen LogP contribution in [-0.2, 0) is 6.54 Å². The molecule has 0 atom stereocenters. The summed E-state index contributed by atoms with van der Waals surface area (Å²) in [7, 11) is 0. The number of fused-ring (bicyclic) bond motifs is 1. The quantitative estimate of drug-likeness (QED) is 0.440. The number of aliphatic hydroxyl groups excluding tert-OH is 1. The molecule has 2 N–H and O–H groups in total. The van der Waals surface area contributed by atoms with Gasteiger partial charge >= 0.3 is 0 Å². The SMILES string of the molecule is Cc1cn(-c2nc(Nc3ccc4c(c3)c(Cl)nn4C(C)C)ncc2F)cc1CN1CC(O)C1. The maximum absolute atomic E-state index is 14.6. The Morgan fingerprint density at radius 3 is 2.79 bits per heavy atom. The van der Waals surface area contributed by atoms with E-state index >= 15 is 0 Å². The van der Waals surface area contributed by atoms with Gasteiger partial charge in [-0.25, -0.2) is 9.37 Å². The minimum absolute atomic E-state index is 0.164. The van der Waals surface area contributed by atoms with Gasteiger partial charge in [0.05, 0.1) is 17.8 Å². The molecule has 1 saturated heterocycles. The molecule has 0 bridgehead atoms. The Hall–Kier alpha value is -3.01. The fraction of sp³-hybridized carbons (Fsp3) is 0.348. The number of aromatic nitrogens is 5. The normalized spacial score (nSPS) is 14.9. The summed E-state index contributed by atoms with van der Waals surface area (Å²) in [5, 5.41) is 18.3. The topological polar surface area (TPSA) is 84.0 Å². The number of anilines is 2. The smallest absolute Gasteiger partial charge is 0.229 e. The highest BCUT2D eigenvalue weighted by Gasteiger charge is 2.25. The van der Waals surface area contributed by atoms with Gasteiger partial charge in [-0.2, -0.15) is 10.1 Å². The molecule has 172 valence electrons. The molecule has 0 spiro atoms. The maximum Gasteiger partial charge on any atom is 0.229 e. The molecule has 1 fully saturated rings. The van der Waals surface area contributed by atoms with Gasteiger partial charge in [0.2, 0.25) is 5.95 Å². The zero-order valence-corrected chi connectivity index (χ0v) is 19.4. The third-order valence-corrected chi connectivity index (χ3v) is 6.12. The number of nitrogens with one attached hydrogen (secondary N) is 1. The van der Waals surface area contributed by atoms with Crippen molar-refractivity contribution in [2.45, 2.75) is 39.5 Å². The first kappa shape index (κ1) is 21.8. The maximum atomic E-state index is 14.6. The van der Waals surface area contributed by atoms with Crippen LogP contribution in [0.5, 0.6) is 0 Å². The van der Waals surface area contributed by atoms with Crippen LogP contribution in [0.25, 0.3) is 16.7 Å². The van der Waals surface area contributed by atoms with Crippen molar-refractivity contribution in [3.63, 3.8) is 0 Å². The number of nitrogens with zero attached hydrogens (tertiary/aromatic N) is 6. The van der Waals surface area contributed by atoms with E-state index in [9.17, 15) is 9.50 Å². The summed E-state index contributed by atoms with van der Waals surface area (Å²) < 4.78 is 18.2. The Kier molecular flexibility index (Phi) is 5.55. The van der Waals surface area contributed by atoms with Gasteiger partial charge in [0, 0.05) is 49.1 Å². The summed E-state index contributed by atoms with van der Waals surface area (Å²) in [6.07, 6.45) is 4.64. The number of benzene rings is 1. The average molecular weight is 470 g/mol. The fourth-order valence-electron chi connectivity index (χ4n) is 4.10. The summed E-state index contributed by atoms with van der Waals surface area (Å²) in [5.41, 5.74) is 3.76. The van der Waals surface area contributed by atoms with Gasteiger partial charge in [0.1, 0.15) is 0 Å². The summed E-state index contributed by atoms with van der Waals surface area (Å²) in [6.45, 7) is 8.10. The van der Waals surface area contributed by atoms with Crippen LogP contribution in [-0.4, -0.2) is 53.5 Å². The average Bonchev–Trinajstić information content (AvgIpc) is 3.28. The van der Waals surface area contributed by atoms with Gasteiger partial charge in [0.15, 0.2) is 16.8 Å². The van der Waals surface area contributed by atoms with Crippen molar-refractivity contribution in [1.82, 2.24) is 29.2 Å². The number of hydrogen-bond donors (Lipinski definition) is 2. The van der Waals surface area contributed by atoms with Crippen LogP contribution in [0.4, 0.5) is 16.0 Å². The molecule has 1 aliphatic heterocycles. The number of halogens is 2. The van der Waals surface area contributed by atoms with E-state index in [0.717, 1.165) is 33.9 Å². The molecule has 3 aromatic heterocycles. The van der Waals surface area contributed by atoms with E-state index in [1.165, 1.54) is 0 Å². The van der Waals surface area contributed by atoms with E-state index in [4.69, 9.17) is 11.6 Å². The molecule has 0 unspecified atom stereocenters. The molecule has 4 aromatic rings. The van der Waals surface area contributed by atoms with Crippen molar-refractivity contribution in [3.8, 4) is 5.82 Å². The first-order chi connectivity index (χ1) is 15.8. The molecule has 5 rings (SSSR count). The lowest BCUT2D eigenvalue weighted by Crippen LogP contribution is -2.49. The number of aryl methyl sites for hydroxylation is 1. The van der Waals surface area contributed by atoms with Crippen molar-refractivity contribution < 1.29 is 9.50 Å². The number of likely N-dealkylation sites (tertiary alicyclic amines) is 1. The van der Waals surface area contributed by atoms with Gasteiger partial charge in [-0.05, 0) is 50.1 Å². The van der Waals surface area contributed by atoms with E-state index in [2.05, 4.69) is 25.3 Å². The zero-order valence-electron chi connectivity index (χ0n) is 18.6. The Bertz CT molecular complexity index is 1330. The van der Waals surface area contributed by atoms with E-state index in [1.807, 2.05) is 56.0 Å². The predicted molar refractivity (Wildman–Crippen MR) is 126 cm³/mol. The minimum atomic E-state index is -0.516. The van der Waals surface area contributed by atoms with E-state index < -0.39 is 5.82 Å². The number of hydrogen-bond acceptors (Lipinski definition) is 6. The molecule has 8 nitrogen and oxygen atoms in total. The minimum Gasteiger partial charge on any atom is -0.390 e. The zero-order chi connectivity index (χ0) is 23.3. The molecule has 0 amide bonds. The summed E-state index contributed by atoms with van der Waals surface area (Å²) in [5.74, 6) is -0.0766. The molecule has 4 heterocycles. The Morgan fingerprint density at radius 2 is 2.06 bits per heavy atom. The summed E-state index contributed by atoms with van der Waals surface area (Å²) in [6, 6.07) is 5.90. The number of β-amino-alcohol motifs (C(OH)–C–C–N with tert-alkyl or cyclic N) is 1. The second-order valence-corrected chi connectivity index (χ2v) is 9.13. The third-order valence-electron chi connectivity index (χ3n) is 5.84. The lowest BCUT2D eigenvalue weighted by atomic mass is 10.1. The third kappa shape index (κ3) is 4.19. The number of rotatable bonds is 6. The van der Waals surface area contributed by atoms with Crippen LogP contribution in [0.2, 0.25) is 5.15 Å². The van der Waals surface area contributed by atoms with Crippen LogP contribution in [0.3, 0.4) is 0 Å². The van der Waals surface area contributed by atoms with Crippen LogP contribution < -0.4 is 5.32 Å². The second kappa shape index (κ2) is 8.40. The molecule has 1 aromatic carbocycles. The molecule has 0 aliphatic carbocycles. The van der Waals surface area contributed by atoms with Gasteiger partial charge in [-0.3, -0.25) is 9.58 Å². The molecule has 0 saturated carbocycles. The molecule has 33 heavy (non-hydrogen) atoms. The molecular formula is C23H25ClFN7O. The van der Waals surface area contributed by atoms with Crippen molar-refractivity contribution in [2.24, 2.45) is 0 Å². The van der Waals surface area contributed by atoms with Gasteiger partial charge in [-0.1, -0.05) is 11.6 Å². The molecule has 1 aliphatic rings. The number of aliphatic hydroxyl groups is 1. The standard InChI is InChI=1S/C23H25ClFN7O/c1-13(2)32-20-5-4-16(6-18(20)21(24)29-32)27-23-26-7-19(25)22(28-23)31-8-14(3)15(10-31)9-30-11-17(33)12-30/h4-8,10,13,17,33H,9,11-12H2,1-3H3,(H,26,27,28). The monoisotopic (exact) mass is 469 g/mol. The van der Waals surface area contributed by atoms with E-state index in [-0.39, 0.29) is 23.9 Å². The second-order valence-electron chi connectivity index (χ2n) is 8.77. The van der Waals surface area contributed by atoms with Crippen LogP contribution in [0, 0.1) is 12.7 Å².